The van der Waals surface area contributed by atoms with Crippen LogP contribution in [0.1, 0.15) is 23.1 Å². The van der Waals surface area contributed by atoms with Gasteiger partial charge < -0.3 is 5.11 Å². The first-order valence-electron chi connectivity index (χ1n) is 6.29. The second-order valence-electron chi connectivity index (χ2n) is 4.87. The summed E-state index contributed by atoms with van der Waals surface area (Å²) in [5.41, 5.74) is 5.36. The van der Waals surface area contributed by atoms with Crippen molar-refractivity contribution >= 4 is 5.97 Å². The normalized spacial score (nSPS) is 10.7. The number of aryl methyl sites for hydroxylation is 4. The first-order valence-corrected chi connectivity index (χ1v) is 6.29. The molecule has 0 atom stereocenters. The minimum atomic E-state index is -0.783. The molecule has 1 heterocycles. The molecule has 2 rings (SSSR count). The van der Waals surface area contributed by atoms with Gasteiger partial charge in [0.25, 0.3) is 0 Å². The van der Waals surface area contributed by atoms with Crippen LogP contribution in [0.4, 0.5) is 0 Å². The minimum Gasteiger partial charge on any atom is -0.481 e. The summed E-state index contributed by atoms with van der Waals surface area (Å²) in [5.74, 6) is -0.783. The largest absolute Gasteiger partial charge is 0.481 e. The predicted molar refractivity (Wildman–Crippen MR) is 74.1 cm³/mol. The SMILES string of the molecule is Cc1ccc(-c2nn(C)cc2CCC(=O)O)cc1C. The Morgan fingerprint density at radius 1 is 1.32 bits per heavy atom. The van der Waals surface area contributed by atoms with Crippen LogP contribution in [0.3, 0.4) is 0 Å². The number of carboxylic acids is 1. The number of benzene rings is 1. The maximum atomic E-state index is 10.7. The lowest BCUT2D eigenvalue weighted by atomic mass is 10.0. The van der Waals surface area contributed by atoms with E-state index in [4.69, 9.17) is 5.11 Å². The fourth-order valence-electron chi connectivity index (χ4n) is 2.09. The first-order chi connectivity index (χ1) is 8.97. The van der Waals surface area contributed by atoms with Crippen LogP contribution < -0.4 is 0 Å². The van der Waals surface area contributed by atoms with Crippen molar-refractivity contribution in [2.75, 3.05) is 0 Å². The molecule has 19 heavy (non-hydrogen) atoms. The number of nitrogens with zero attached hydrogens (tertiary/aromatic N) is 2. The smallest absolute Gasteiger partial charge is 0.303 e. The summed E-state index contributed by atoms with van der Waals surface area (Å²) in [6.07, 6.45) is 2.53. The summed E-state index contributed by atoms with van der Waals surface area (Å²) in [6, 6.07) is 6.21. The molecule has 0 bridgehead atoms. The highest BCUT2D eigenvalue weighted by molar-refractivity contribution is 5.69. The Morgan fingerprint density at radius 2 is 2.05 bits per heavy atom. The maximum absolute atomic E-state index is 10.7. The van der Waals surface area contributed by atoms with E-state index in [9.17, 15) is 4.79 Å². The van der Waals surface area contributed by atoms with Gasteiger partial charge in [0.2, 0.25) is 0 Å². The van der Waals surface area contributed by atoms with Gasteiger partial charge in [0, 0.05) is 25.2 Å². The molecule has 0 saturated carbocycles. The monoisotopic (exact) mass is 258 g/mol. The molecule has 0 unspecified atom stereocenters. The molecule has 0 aliphatic carbocycles. The van der Waals surface area contributed by atoms with Gasteiger partial charge >= 0.3 is 5.97 Å². The zero-order valence-electron chi connectivity index (χ0n) is 11.5. The number of carboxylic acid groups (broad SMARTS) is 1. The van der Waals surface area contributed by atoms with Crippen molar-refractivity contribution in [1.82, 2.24) is 9.78 Å². The number of hydrogen-bond acceptors (Lipinski definition) is 2. The van der Waals surface area contributed by atoms with E-state index in [1.54, 1.807) is 4.68 Å². The van der Waals surface area contributed by atoms with Crippen LogP contribution in [0.2, 0.25) is 0 Å². The Kier molecular flexibility index (Phi) is 3.69. The van der Waals surface area contributed by atoms with Crippen molar-refractivity contribution in [3.05, 3.63) is 41.1 Å². The van der Waals surface area contributed by atoms with Crippen molar-refractivity contribution in [3.8, 4) is 11.3 Å². The molecule has 4 heteroatoms. The molecule has 0 aliphatic rings. The highest BCUT2D eigenvalue weighted by atomic mass is 16.4. The second kappa shape index (κ2) is 5.26. The Labute approximate surface area is 112 Å². The van der Waals surface area contributed by atoms with Gasteiger partial charge in [-0.15, -0.1) is 0 Å². The fraction of sp³-hybridized carbons (Fsp3) is 0.333. The zero-order chi connectivity index (χ0) is 14.0. The molecule has 0 saturated heterocycles. The molecule has 2 aromatic rings. The molecule has 0 fully saturated rings. The van der Waals surface area contributed by atoms with Crippen molar-refractivity contribution in [1.29, 1.82) is 0 Å². The quantitative estimate of drug-likeness (QED) is 0.917. The predicted octanol–water partition coefficient (Wildman–Crippen LogP) is 2.72. The van der Waals surface area contributed by atoms with Crippen LogP contribution in [0, 0.1) is 13.8 Å². The van der Waals surface area contributed by atoms with E-state index in [1.165, 1.54) is 11.1 Å². The van der Waals surface area contributed by atoms with Crippen LogP contribution in [0.5, 0.6) is 0 Å². The third kappa shape index (κ3) is 3.02. The van der Waals surface area contributed by atoms with Gasteiger partial charge in [-0.2, -0.15) is 5.10 Å². The first kappa shape index (κ1) is 13.3. The summed E-state index contributed by atoms with van der Waals surface area (Å²) >= 11 is 0. The second-order valence-corrected chi connectivity index (χ2v) is 4.87. The number of aromatic nitrogens is 2. The van der Waals surface area contributed by atoms with Gasteiger partial charge in [0.1, 0.15) is 0 Å². The summed E-state index contributed by atoms with van der Waals surface area (Å²) in [5, 5.41) is 13.2. The molecule has 1 aromatic heterocycles. The third-order valence-corrected chi connectivity index (χ3v) is 3.29. The van der Waals surface area contributed by atoms with Crippen molar-refractivity contribution in [2.45, 2.75) is 26.7 Å². The van der Waals surface area contributed by atoms with E-state index >= 15 is 0 Å². The average molecular weight is 258 g/mol. The zero-order valence-corrected chi connectivity index (χ0v) is 11.5. The van der Waals surface area contributed by atoms with Crippen molar-refractivity contribution < 1.29 is 9.90 Å². The van der Waals surface area contributed by atoms with Crippen LogP contribution in [0.25, 0.3) is 11.3 Å². The van der Waals surface area contributed by atoms with Crippen LogP contribution >= 0.6 is 0 Å². The number of carbonyl (C=O) groups is 1. The van der Waals surface area contributed by atoms with Gasteiger partial charge in [-0.3, -0.25) is 9.48 Å². The number of aliphatic carboxylic acids is 1. The van der Waals surface area contributed by atoms with Gasteiger partial charge in [-0.05, 0) is 43.0 Å². The molecular formula is C15H18N2O2. The fourth-order valence-corrected chi connectivity index (χ4v) is 2.09. The highest BCUT2D eigenvalue weighted by Crippen LogP contribution is 2.25. The Hall–Kier alpha value is -2.10. The lowest BCUT2D eigenvalue weighted by Gasteiger charge is -2.05. The van der Waals surface area contributed by atoms with E-state index in [0.717, 1.165) is 16.8 Å². The lowest BCUT2D eigenvalue weighted by molar-refractivity contribution is -0.136. The van der Waals surface area contributed by atoms with Crippen LogP contribution in [0.15, 0.2) is 24.4 Å². The number of rotatable bonds is 4. The third-order valence-electron chi connectivity index (χ3n) is 3.29. The average Bonchev–Trinajstić information content (AvgIpc) is 2.71. The van der Waals surface area contributed by atoms with Gasteiger partial charge in [0.05, 0.1) is 5.69 Å². The standard InChI is InChI=1S/C15H18N2O2/c1-10-4-5-12(8-11(10)2)15-13(6-7-14(18)19)9-17(3)16-15/h4-5,8-9H,6-7H2,1-3H3,(H,18,19). The van der Waals surface area contributed by atoms with Gasteiger partial charge in [-0.1, -0.05) is 12.1 Å². The van der Waals surface area contributed by atoms with E-state index in [0.29, 0.717) is 6.42 Å². The van der Waals surface area contributed by atoms with E-state index < -0.39 is 5.97 Å². The van der Waals surface area contributed by atoms with Crippen molar-refractivity contribution in [3.63, 3.8) is 0 Å². The van der Waals surface area contributed by atoms with Crippen LogP contribution in [-0.2, 0) is 18.3 Å². The topological polar surface area (TPSA) is 55.1 Å². The minimum absolute atomic E-state index is 0.129. The Bertz CT molecular complexity index is 615. The number of hydrogen-bond donors (Lipinski definition) is 1. The molecule has 0 radical (unpaired) electrons. The molecule has 1 N–H and O–H groups in total. The Morgan fingerprint density at radius 3 is 2.68 bits per heavy atom. The molecule has 100 valence electrons. The molecule has 1 aromatic carbocycles. The van der Waals surface area contributed by atoms with E-state index in [2.05, 4.69) is 31.1 Å². The van der Waals surface area contributed by atoms with Crippen molar-refractivity contribution in [2.24, 2.45) is 7.05 Å². The van der Waals surface area contributed by atoms with E-state index in [1.807, 2.05) is 19.3 Å². The summed E-state index contributed by atoms with van der Waals surface area (Å²) < 4.78 is 1.74. The molecule has 0 aliphatic heterocycles. The highest BCUT2D eigenvalue weighted by Gasteiger charge is 2.12. The maximum Gasteiger partial charge on any atom is 0.303 e. The Balaban J connectivity index is 2.37. The van der Waals surface area contributed by atoms with Crippen LogP contribution in [-0.4, -0.2) is 20.9 Å². The molecule has 4 nitrogen and oxygen atoms in total. The molecular weight excluding hydrogens is 240 g/mol. The summed E-state index contributed by atoms with van der Waals surface area (Å²) in [6.45, 7) is 4.14. The molecule has 0 amide bonds. The van der Waals surface area contributed by atoms with Gasteiger partial charge in [0.15, 0.2) is 0 Å². The molecule has 0 spiro atoms. The van der Waals surface area contributed by atoms with Gasteiger partial charge in [-0.25, -0.2) is 0 Å². The lowest BCUT2D eigenvalue weighted by Crippen LogP contribution is -1.98. The summed E-state index contributed by atoms with van der Waals surface area (Å²) in [4.78, 5) is 10.7. The van der Waals surface area contributed by atoms with E-state index in [-0.39, 0.29) is 6.42 Å². The summed E-state index contributed by atoms with van der Waals surface area (Å²) in [7, 11) is 1.86.